The van der Waals surface area contributed by atoms with E-state index in [1.165, 1.54) is 0 Å². The van der Waals surface area contributed by atoms with Crippen molar-refractivity contribution in [3.63, 3.8) is 0 Å². The number of hydrogen-bond donors (Lipinski definition) is 0. The highest BCUT2D eigenvalue weighted by Gasteiger charge is 2.30. The summed E-state index contributed by atoms with van der Waals surface area (Å²) in [5, 5.41) is 0. The van der Waals surface area contributed by atoms with Gasteiger partial charge in [-0.2, -0.15) is 0 Å². The molecule has 0 radical (unpaired) electrons. The Kier molecular flexibility index (Phi) is 8.11. The first-order chi connectivity index (χ1) is 8.06. The average Bonchev–Trinajstić information content (AvgIpc) is 2.26. The number of ether oxygens (including phenoxy) is 2. The molecule has 0 heterocycles. The van der Waals surface area contributed by atoms with Crippen molar-refractivity contribution in [3.8, 4) is 0 Å². The van der Waals surface area contributed by atoms with Gasteiger partial charge >= 0.3 is 11.9 Å². The molecule has 0 aliphatic heterocycles. The molecule has 0 aliphatic rings. The van der Waals surface area contributed by atoms with Gasteiger partial charge in [0.15, 0.2) is 5.92 Å². The third-order valence-corrected chi connectivity index (χ3v) is 2.27. The van der Waals surface area contributed by atoms with Gasteiger partial charge in [-0.15, -0.1) is 0 Å². The highest BCUT2D eigenvalue weighted by atomic mass is 16.6. The summed E-state index contributed by atoms with van der Waals surface area (Å²) in [6.45, 7) is 7.83. The minimum atomic E-state index is -0.818. The fourth-order valence-electron chi connectivity index (χ4n) is 1.55. The number of allylic oxidation sites excluding steroid dienone is 2. The van der Waals surface area contributed by atoms with E-state index in [1.807, 2.05) is 26.0 Å². The number of carbonyl (C=O) groups excluding carboxylic acids is 2. The first kappa shape index (κ1) is 15.7. The van der Waals surface area contributed by atoms with Crippen LogP contribution in [0.15, 0.2) is 12.2 Å². The molecular weight excluding hydrogens is 220 g/mol. The van der Waals surface area contributed by atoms with Gasteiger partial charge in [0.1, 0.15) is 0 Å². The highest BCUT2D eigenvalue weighted by molar-refractivity contribution is 5.94. The first-order valence-electron chi connectivity index (χ1n) is 6.02. The zero-order valence-corrected chi connectivity index (χ0v) is 11.1. The minimum absolute atomic E-state index is 0.138. The van der Waals surface area contributed by atoms with Crippen molar-refractivity contribution in [1.82, 2.24) is 0 Å². The SMILES string of the molecule is CC=CC(C)CC(C(=O)OCC)C(=O)OCC. The molecule has 0 N–H and O–H groups in total. The topological polar surface area (TPSA) is 52.6 Å². The van der Waals surface area contributed by atoms with Crippen molar-refractivity contribution in [2.24, 2.45) is 11.8 Å². The summed E-state index contributed by atoms with van der Waals surface area (Å²) >= 11 is 0. The maximum Gasteiger partial charge on any atom is 0.320 e. The van der Waals surface area contributed by atoms with Crippen LogP contribution in [0.2, 0.25) is 0 Å². The zero-order chi connectivity index (χ0) is 13.3. The Morgan fingerprint density at radius 1 is 1.12 bits per heavy atom. The van der Waals surface area contributed by atoms with E-state index in [-0.39, 0.29) is 19.1 Å². The molecule has 4 heteroatoms. The van der Waals surface area contributed by atoms with Crippen LogP contribution in [0.4, 0.5) is 0 Å². The Hall–Kier alpha value is -1.32. The van der Waals surface area contributed by atoms with Gasteiger partial charge < -0.3 is 9.47 Å². The molecule has 98 valence electrons. The maximum atomic E-state index is 11.7. The molecule has 0 rings (SSSR count). The molecule has 4 nitrogen and oxygen atoms in total. The summed E-state index contributed by atoms with van der Waals surface area (Å²) < 4.78 is 9.77. The Balaban J connectivity index is 4.60. The maximum absolute atomic E-state index is 11.7. The first-order valence-corrected chi connectivity index (χ1v) is 6.02. The molecule has 0 spiro atoms. The molecule has 0 aromatic heterocycles. The van der Waals surface area contributed by atoms with E-state index in [0.29, 0.717) is 6.42 Å². The summed E-state index contributed by atoms with van der Waals surface area (Å²) in [5.74, 6) is -1.68. The zero-order valence-electron chi connectivity index (χ0n) is 11.1. The summed E-state index contributed by atoms with van der Waals surface area (Å²) in [7, 11) is 0. The third-order valence-electron chi connectivity index (χ3n) is 2.27. The summed E-state index contributed by atoms with van der Waals surface area (Å²) in [4.78, 5) is 23.3. The lowest BCUT2D eigenvalue weighted by atomic mass is 9.95. The van der Waals surface area contributed by atoms with Crippen LogP contribution in [0, 0.1) is 11.8 Å². The molecule has 1 atom stereocenters. The Morgan fingerprint density at radius 3 is 1.94 bits per heavy atom. The van der Waals surface area contributed by atoms with Crippen LogP contribution in [0.1, 0.15) is 34.1 Å². The van der Waals surface area contributed by atoms with E-state index in [1.54, 1.807) is 13.8 Å². The second kappa shape index (κ2) is 8.79. The van der Waals surface area contributed by atoms with E-state index in [2.05, 4.69) is 0 Å². The molecule has 0 amide bonds. The quantitative estimate of drug-likeness (QED) is 0.390. The van der Waals surface area contributed by atoms with Crippen molar-refractivity contribution in [1.29, 1.82) is 0 Å². The van der Waals surface area contributed by atoms with Gasteiger partial charge in [0, 0.05) is 0 Å². The molecule has 0 saturated heterocycles. The van der Waals surface area contributed by atoms with Crippen LogP contribution < -0.4 is 0 Å². The van der Waals surface area contributed by atoms with Crippen molar-refractivity contribution >= 4 is 11.9 Å². The Bertz CT molecular complexity index is 253. The standard InChI is InChI=1S/C13H22O4/c1-5-8-10(4)9-11(12(14)16-6-2)13(15)17-7-3/h5,8,10-11H,6-7,9H2,1-4H3. The number of esters is 2. The summed E-state index contributed by atoms with van der Waals surface area (Å²) in [6, 6.07) is 0. The summed E-state index contributed by atoms with van der Waals surface area (Å²) in [5.41, 5.74) is 0. The van der Waals surface area contributed by atoms with E-state index in [0.717, 1.165) is 0 Å². The fourth-order valence-corrected chi connectivity index (χ4v) is 1.55. The highest BCUT2D eigenvalue weighted by Crippen LogP contribution is 2.17. The smallest absolute Gasteiger partial charge is 0.320 e. The Morgan fingerprint density at radius 2 is 1.59 bits per heavy atom. The molecule has 1 unspecified atom stereocenters. The van der Waals surface area contributed by atoms with Crippen LogP contribution in [0.3, 0.4) is 0 Å². The molecule has 17 heavy (non-hydrogen) atoms. The number of rotatable bonds is 7. The molecule has 0 aliphatic carbocycles. The average molecular weight is 242 g/mol. The van der Waals surface area contributed by atoms with E-state index in [4.69, 9.17) is 9.47 Å². The van der Waals surface area contributed by atoms with Crippen LogP contribution in [0.25, 0.3) is 0 Å². The van der Waals surface area contributed by atoms with Crippen LogP contribution in [0.5, 0.6) is 0 Å². The molecule has 0 aromatic rings. The minimum Gasteiger partial charge on any atom is -0.465 e. The lowest BCUT2D eigenvalue weighted by molar-refractivity contribution is -0.162. The van der Waals surface area contributed by atoms with Gasteiger partial charge in [0.2, 0.25) is 0 Å². The van der Waals surface area contributed by atoms with Crippen LogP contribution in [-0.2, 0) is 19.1 Å². The third kappa shape index (κ3) is 6.09. The van der Waals surface area contributed by atoms with Gasteiger partial charge in [0.25, 0.3) is 0 Å². The largest absolute Gasteiger partial charge is 0.465 e. The van der Waals surface area contributed by atoms with Crippen molar-refractivity contribution in [2.75, 3.05) is 13.2 Å². The Labute approximate surface area is 103 Å². The van der Waals surface area contributed by atoms with E-state index >= 15 is 0 Å². The van der Waals surface area contributed by atoms with Crippen LogP contribution in [-0.4, -0.2) is 25.2 Å². The lowest BCUT2D eigenvalue weighted by Gasteiger charge is -2.16. The number of carbonyl (C=O) groups is 2. The number of hydrogen-bond acceptors (Lipinski definition) is 4. The molecule has 0 saturated carbocycles. The van der Waals surface area contributed by atoms with Gasteiger partial charge in [-0.25, -0.2) is 0 Å². The predicted octanol–water partition coefficient (Wildman–Crippen LogP) is 2.33. The second-order valence-corrected chi connectivity index (χ2v) is 3.80. The molecule has 0 bridgehead atoms. The van der Waals surface area contributed by atoms with Crippen molar-refractivity contribution in [2.45, 2.75) is 34.1 Å². The van der Waals surface area contributed by atoms with Gasteiger partial charge in [-0.3, -0.25) is 9.59 Å². The van der Waals surface area contributed by atoms with Gasteiger partial charge in [-0.05, 0) is 33.1 Å². The summed E-state index contributed by atoms with van der Waals surface area (Å²) in [6.07, 6.45) is 4.27. The van der Waals surface area contributed by atoms with Crippen molar-refractivity contribution < 1.29 is 19.1 Å². The molecular formula is C13H22O4. The normalized spacial score (nSPS) is 12.8. The second-order valence-electron chi connectivity index (χ2n) is 3.80. The van der Waals surface area contributed by atoms with Gasteiger partial charge in [-0.1, -0.05) is 19.1 Å². The predicted molar refractivity (Wildman–Crippen MR) is 65.4 cm³/mol. The van der Waals surface area contributed by atoms with E-state index in [9.17, 15) is 9.59 Å². The monoisotopic (exact) mass is 242 g/mol. The van der Waals surface area contributed by atoms with E-state index < -0.39 is 17.9 Å². The van der Waals surface area contributed by atoms with Crippen molar-refractivity contribution in [3.05, 3.63) is 12.2 Å². The fraction of sp³-hybridized carbons (Fsp3) is 0.692. The lowest BCUT2D eigenvalue weighted by Crippen LogP contribution is -2.29. The molecule has 0 aromatic carbocycles. The molecule has 0 fully saturated rings. The van der Waals surface area contributed by atoms with Gasteiger partial charge in [0.05, 0.1) is 13.2 Å². The van der Waals surface area contributed by atoms with Crippen LogP contribution >= 0.6 is 0 Å².